The first-order chi connectivity index (χ1) is 36.3. The van der Waals surface area contributed by atoms with Crippen molar-refractivity contribution in [1.29, 1.82) is 0 Å². The molecule has 7 N–H and O–H groups in total. The van der Waals surface area contributed by atoms with Crippen molar-refractivity contribution < 1.29 is 42.4 Å². The highest BCUT2D eigenvalue weighted by Gasteiger charge is 2.43. The summed E-state index contributed by atoms with van der Waals surface area (Å²) in [5.41, 5.74) is 1.59. The summed E-state index contributed by atoms with van der Waals surface area (Å²) in [5.74, 6) is -1.14. The molecule has 0 bridgehead atoms. The fraction of sp³-hybridized carbons (Fsp3) is 0.474. The van der Waals surface area contributed by atoms with Crippen molar-refractivity contribution in [3.63, 3.8) is 0 Å². The van der Waals surface area contributed by atoms with Gasteiger partial charge in [0, 0.05) is 56.2 Å². The molecule has 16 nitrogen and oxygen atoms in total. The van der Waals surface area contributed by atoms with E-state index in [9.17, 15) is 28.8 Å². The molecule has 4 aromatic rings. The number of para-hydroxylation sites is 2. The van der Waals surface area contributed by atoms with Crippen LogP contribution in [0.5, 0.6) is 11.5 Å². The van der Waals surface area contributed by atoms with E-state index in [1.165, 1.54) is 0 Å². The zero-order valence-corrected chi connectivity index (χ0v) is 45.1. The van der Waals surface area contributed by atoms with E-state index >= 15 is 4.57 Å². The van der Waals surface area contributed by atoms with E-state index in [-0.39, 0.29) is 78.9 Å². The summed E-state index contributed by atoms with van der Waals surface area (Å²) in [7, 11) is -4.27. The number of nitrogens with one attached hydrogen (secondary N) is 7. The molecule has 0 aromatic heterocycles. The highest BCUT2D eigenvalue weighted by molar-refractivity contribution is 8.00. The summed E-state index contributed by atoms with van der Waals surface area (Å²) >= 11 is 1.89. The lowest BCUT2D eigenvalue weighted by Crippen LogP contribution is -2.56. The molecule has 18 heteroatoms. The highest BCUT2D eigenvalue weighted by atomic mass is 32.2. The van der Waals surface area contributed by atoms with Gasteiger partial charge in [-0.2, -0.15) is 11.8 Å². The van der Waals surface area contributed by atoms with E-state index in [4.69, 9.17) is 9.05 Å². The van der Waals surface area contributed by atoms with Gasteiger partial charge >= 0.3 is 13.6 Å². The zero-order chi connectivity index (χ0) is 53.3. The molecule has 1 unspecified atom stereocenters. The van der Waals surface area contributed by atoms with Gasteiger partial charge in [-0.05, 0) is 86.3 Å². The predicted molar refractivity (Wildman–Crippen MR) is 294 cm³/mol. The van der Waals surface area contributed by atoms with E-state index < -0.39 is 37.3 Å². The molecule has 404 valence electrons. The number of hydrogen-bond donors (Lipinski definition) is 7. The normalized spacial score (nSPS) is 17.1. The Hall–Kier alpha value is -6.32. The van der Waals surface area contributed by atoms with Gasteiger partial charge in [0.15, 0.2) is 5.78 Å². The number of amides is 7. The van der Waals surface area contributed by atoms with Crippen LogP contribution in [0.25, 0.3) is 0 Å². The van der Waals surface area contributed by atoms with Gasteiger partial charge in [0.2, 0.25) is 29.5 Å². The molecular weight excluding hydrogens is 990 g/mol. The second-order valence-corrected chi connectivity index (χ2v) is 23.1. The Morgan fingerprint density at radius 3 is 1.63 bits per heavy atom. The molecule has 2 fully saturated rings. The summed E-state index contributed by atoms with van der Waals surface area (Å²) in [4.78, 5) is 78.7. The van der Waals surface area contributed by atoms with E-state index in [0.29, 0.717) is 50.4 Å². The molecule has 0 aliphatic carbocycles. The van der Waals surface area contributed by atoms with Gasteiger partial charge in [-0.1, -0.05) is 130 Å². The SMILES string of the molecule is CC(C)C[C@H](NC(=O)[C@H](Cc1ccccc1)NC(=O)CCCCCNC(=O)CCCCCNC(=O)CCCC[C@@H]1SC[C@@H]2NC(=O)N[C@@H]21)C(=O)NC(Cc1ccccc1)P(=O)(Oc1ccccc1)Oc1ccccc1. The van der Waals surface area contributed by atoms with Crippen LogP contribution >= 0.6 is 19.4 Å². The lowest BCUT2D eigenvalue weighted by Gasteiger charge is -2.30. The average molecular weight is 1070 g/mol. The van der Waals surface area contributed by atoms with Crippen LogP contribution in [0.3, 0.4) is 0 Å². The summed E-state index contributed by atoms with van der Waals surface area (Å²) in [6.45, 7) is 4.94. The maximum atomic E-state index is 15.2. The number of urea groups is 1. The van der Waals surface area contributed by atoms with Crippen LogP contribution in [0.15, 0.2) is 121 Å². The number of unbranched alkanes of at least 4 members (excludes halogenated alkanes) is 5. The largest absolute Gasteiger partial charge is 0.453 e. The first-order valence-corrected chi connectivity index (χ1v) is 29.3. The van der Waals surface area contributed by atoms with Gasteiger partial charge in [-0.25, -0.2) is 9.36 Å². The minimum Gasteiger partial charge on any atom is -0.415 e. The first kappa shape index (κ1) is 57.9. The number of hydrogen-bond acceptors (Lipinski definition) is 10. The van der Waals surface area contributed by atoms with Gasteiger partial charge in [0.05, 0.1) is 12.1 Å². The summed E-state index contributed by atoms with van der Waals surface area (Å²) < 4.78 is 27.6. The number of rotatable bonds is 33. The smallest absolute Gasteiger partial charge is 0.415 e. The van der Waals surface area contributed by atoms with Crippen LogP contribution in [0.4, 0.5) is 4.79 Å². The first-order valence-electron chi connectivity index (χ1n) is 26.6. The monoisotopic (exact) mass is 1070 g/mol. The van der Waals surface area contributed by atoms with Crippen LogP contribution < -0.4 is 46.3 Å². The van der Waals surface area contributed by atoms with E-state index in [1.54, 1.807) is 60.7 Å². The van der Waals surface area contributed by atoms with E-state index in [2.05, 4.69) is 37.2 Å². The molecular formula is C57H76N7O9PS. The number of carbonyl (C=O) groups is 6. The third kappa shape index (κ3) is 20.4. The number of carbonyl (C=O) groups excluding carboxylic acids is 6. The molecule has 2 aliphatic heterocycles. The Bertz CT molecular complexity index is 2410. The molecule has 4 aromatic carbocycles. The lowest BCUT2D eigenvalue weighted by molar-refractivity contribution is -0.132. The van der Waals surface area contributed by atoms with Crippen molar-refractivity contribution in [3.8, 4) is 11.5 Å². The second-order valence-electron chi connectivity index (χ2n) is 19.8. The van der Waals surface area contributed by atoms with Crippen LogP contribution in [0.1, 0.15) is 108 Å². The van der Waals surface area contributed by atoms with Crippen molar-refractivity contribution in [2.45, 2.75) is 145 Å². The van der Waals surface area contributed by atoms with Crippen LogP contribution in [-0.4, -0.2) is 89.6 Å². The number of benzene rings is 4. The average Bonchev–Trinajstić information content (AvgIpc) is 3.96. The molecule has 2 aliphatic rings. The molecule has 0 radical (unpaired) electrons. The Kier molecular flexibility index (Phi) is 23.9. The van der Waals surface area contributed by atoms with Gasteiger partial charge < -0.3 is 46.3 Å². The van der Waals surface area contributed by atoms with Crippen LogP contribution in [0.2, 0.25) is 0 Å². The van der Waals surface area contributed by atoms with Gasteiger partial charge in [0.25, 0.3) is 0 Å². The van der Waals surface area contributed by atoms with Gasteiger partial charge in [0.1, 0.15) is 23.6 Å². The highest BCUT2D eigenvalue weighted by Crippen LogP contribution is 2.53. The molecule has 2 saturated heterocycles. The minimum atomic E-state index is -4.27. The van der Waals surface area contributed by atoms with Crippen molar-refractivity contribution in [2.24, 2.45) is 5.92 Å². The van der Waals surface area contributed by atoms with Crippen LogP contribution in [-0.2, 0) is 41.4 Å². The standard InChI is InChI=1S/C57H76N7O9PS/c1-41(2)37-46(56(69)63-53(39-43-25-11-4-12-26-43)74(71,72-44-27-13-5-14-28-44)73-45-29-15-6-16-30-45)61-55(68)47(38-42-23-9-3-10-24-42)60-52(67)34-18-8-22-36-58-50(65)32-17-7-21-35-59-51(66)33-20-19-31-49-54-48(40-75-49)62-57(70)64-54/h3-6,9-16,23-30,41,46-49,53-54H,7-8,17-22,31-40H2,1-2H3,(H,58,65)(H,59,66)(H,60,67)(H,61,68)(H,63,69)(H2,62,64,70)/t46-,47-,48-,49-,53?,54-/m0/s1. The Labute approximate surface area is 446 Å². The van der Waals surface area contributed by atoms with Crippen LogP contribution in [0, 0.1) is 5.92 Å². The molecule has 6 atom stereocenters. The zero-order valence-electron chi connectivity index (χ0n) is 43.3. The summed E-state index contributed by atoms with van der Waals surface area (Å²) in [5, 5.41) is 21.1. The van der Waals surface area contributed by atoms with Crippen molar-refractivity contribution >= 4 is 54.9 Å². The predicted octanol–water partition coefficient (Wildman–Crippen LogP) is 8.36. The van der Waals surface area contributed by atoms with E-state index in [0.717, 1.165) is 55.4 Å². The number of fused-ring (bicyclic) bond motifs is 1. The third-order valence-corrected chi connectivity index (χ3v) is 16.6. The Morgan fingerprint density at radius 2 is 1.08 bits per heavy atom. The maximum Gasteiger partial charge on any atom is 0.453 e. The van der Waals surface area contributed by atoms with Crippen molar-refractivity contribution in [3.05, 3.63) is 132 Å². The fourth-order valence-corrected chi connectivity index (χ4v) is 12.5. The molecule has 0 spiro atoms. The molecule has 75 heavy (non-hydrogen) atoms. The minimum absolute atomic E-state index is 0.0301. The molecule has 2 heterocycles. The quantitative estimate of drug-likeness (QED) is 0.0137. The lowest BCUT2D eigenvalue weighted by atomic mass is 10.0. The maximum absolute atomic E-state index is 15.2. The van der Waals surface area contributed by atoms with Crippen molar-refractivity contribution in [1.82, 2.24) is 37.2 Å². The van der Waals surface area contributed by atoms with Gasteiger partial charge in [-0.15, -0.1) is 0 Å². The van der Waals surface area contributed by atoms with Crippen molar-refractivity contribution in [2.75, 3.05) is 18.8 Å². The van der Waals surface area contributed by atoms with Gasteiger partial charge in [-0.3, -0.25) is 24.0 Å². The summed E-state index contributed by atoms with van der Waals surface area (Å²) in [6, 6.07) is 34.1. The summed E-state index contributed by atoms with van der Waals surface area (Å²) in [6.07, 6.45) is 8.57. The molecule has 6 rings (SSSR count). The Morgan fingerprint density at radius 1 is 0.587 bits per heavy atom. The van der Waals surface area contributed by atoms with E-state index in [1.807, 2.05) is 86.3 Å². The topological polar surface area (TPSA) is 222 Å². The number of thioether (sulfide) groups is 1. The molecule has 7 amide bonds. The third-order valence-electron chi connectivity index (χ3n) is 13.1. The molecule has 0 saturated carbocycles. The fourth-order valence-electron chi connectivity index (χ4n) is 9.13. The second kappa shape index (κ2) is 30.9. The Balaban J connectivity index is 0.937.